The zero-order valence-corrected chi connectivity index (χ0v) is 15.4. The van der Waals surface area contributed by atoms with Crippen LogP contribution in [-0.4, -0.2) is 24.9 Å². The first-order valence-electron chi connectivity index (χ1n) is 8.59. The average Bonchev–Trinajstić information content (AvgIpc) is 2.84. The van der Waals surface area contributed by atoms with E-state index < -0.39 is 0 Å². The summed E-state index contributed by atoms with van der Waals surface area (Å²) in [5.74, 6) is 1.56. The first-order valence-corrected chi connectivity index (χ1v) is 9.57. The molecule has 0 atom stereocenters. The molecule has 0 aromatic heterocycles. The molecule has 0 bridgehead atoms. The number of carbonyl (C=O) groups excluding carboxylic acids is 1. The second kappa shape index (κ2) is 8.26. The SMILES string of the molecule is CCOC(=O)C1=Cc2cc(-c3ccc(OCC)cc3)ccc2SCC1. The molecule has 25 heavy (non-hydrogen) atoms. The highest BCUT2D eigenvalue weighted by molar-refractivity contribution is 7.99. The van der Waals surface area contributed by atoms with Crippen LogP contribution in [0.15, 0.2) is 52.9 Å². The number of benzene rings is 2. The Morgan fingerprint density at radius 2 is 1.80 bits per heavy atom. The van der Waals surface area contributed by atoms with Gasteiger partial charge >= 0.3 is 5.97 Å². The number of rotatable bonds is 5. The van der Waals surface area contributed by atoms with Crippen molar-refractivity contribution in [3.63, 3.8) is 0 Å². The molecule has 130 valence electrons. The van der Waals surface area contributed by atoms with Crippen LogP contribution in [0.5, 0.6) is 5.75 Å². The quantitative estimate of drug-likeness (QED) is 0.692. The summed E-state index contributed by atoms with van der Waals surface area (Å²) in [6.07, 6.45) is 2.71. The monoisotopic (exact) mass is 354 g/mol. The second-order valence-electron chi connectivity index (χ2n) is 5.70. The van der Waals surface area contributed by atoms with Gasteiger partial charge in [-0.25, -0.2) is 4.79 Å². The van der Waals surface area contributed by atoms with Gasteiger partial charge in [-0.05, 0) is 67.3 Å². The molecule has 0 unspecified atom stereocenters. The third kappa shape index (κ3) is 4.26. The number of hydrogen-bond acceptors (Lipinski definition) is 4. The lowest BCUT2D eigenvalue weighted by molar-refractivity contribution is -0.138. The molecule has 0 N–H and O–H groups in total. The van der Waals surface area contributed by atoms with Crippen molar-refractivity contribution in [1.29, 1.82) is 0 Å². The maximum Gasteiger partial charge on any atom is 0.334 e. The standard InChI is InChI=1S/C21H22O3S/c1-3-23-19-8-5-15(6-9-19)16-7-10-20-18(13-16)14-17(11-12-25-20)21(22)24-4-2/h5-10,13-14H,3-4,11-12H2,1-2H3. The highest BCUT2D eigenvalue weighted by atomic mass is 32.2. The third-order valence-electron chi connectivity index (χ3n) is 4.00. The lowest BCUT2D eigenvalue weighted by Crippen LogP contribution is -2.07. The fourth-order valence-electron chi connectivity index (χ4n) is 2.80. The molecular formula is C21H22O3S. The van der Waals surface area contributed by atoms with Crippen LogP contribution >= 0.6 is 11.8 Å². The topological polar surface area (TPSA) is 35.5 Å². The largest absolute Gasteiger partial charge is 0.494 e. The van der Waals surface area contributed by atoms with Crippen molar-refractivity contribution in [1.82, 2.24) is 0 Å². The van der Waals surface area contributed by atoms with E-state index in [0.717, 1.165) is 40.2 Å². The molecular weight excluding hydrogens is 332 g/mol. The molecule has 2 aromatic rings. The van der Waals surface area contributed by atoms with Crippen molar-refractivity contribution < 1.29 is 14.3 Å². The molecule has 0 saturated heterocycles. The maximum absolute atomic E-state index is 12.1. The Balaban J connectivity index is 1.92. The number of fused-ring (bicyclic) bond motifs is 1. The molecule has 0 fully saturated rings. The summed E-state index contributed by atoms with van der Waals surface area (Å²) in [6, 6.07) is 14.5. The summed E-state index contributed by atoms with van der Waals surface area (Å²) in [5.41, 5.74) is 4.09. The van der Waals surface area contributed by atoms with Crippen molar-refractivity contribution in [3.8, 4) is 16.9 Å². The molecule has 1 heterocycles. The Bertz CT molecular complexity index is 778. The first kappa shape index (κ1) is 17.6. The van der Waals surface area contributed by atoms with Gasteiger partial charge in [0.1, 0.15) is 5.75 Å². The summed E-state index contributed by atoms with van der Waals surface area (Å²) in [6.45, 7) is 4.88. The Kier molecular flexibility index (Phi) is 5.82. The van der Waals surface area contributed by atoms with E-state index in [1.807, 2.05) is 32.1 Å². The van der Waals surface area contributed by atoms with E-state index >= 15 is 0 Å². The van der Waals surface area contributed by atoms with E-state index in [4.69, 9.17) is 9.47 Å². The van der Waals surface area contributed by atoms with Gasteiger partial charge in [0.15, 0.2) is 0 Å². The molecule has 0 aliphatic carbocycles. The van der Waals surface area contributed by atoms with E-state index in [1.54, 1.807) is 11.8 Å². The highest BCUT2D eigenvalue weighted by Crippen LogP contribution is 2.34. The number of esters is 1. The molecule has 4 heteroatoms. The smallest absolute Gasteiger partial charge is 0.334 e. The Morgan fingerprint density at radius 1 is 1.04 bits per heavy atom. The molecule has 1 aliphatic heterocycles. The minimum absolute atomic E-state index is 0.206. The molecule has 0 amide bonds. The van der Waals surface area contributed by atoms with Crippen LogP contribution in [-0.2, 0) is 9.53 Å². The van der Waals surface area contributed by atoms with Gasteiger partial charge in [-0.15, -0.1) is 11.8 Å². The van der Waals surface area contributed by atoms with E-state index in [1.165, 1.54) is 4.90 Å². The predicted octanol–water partition coefficient (Wildman–Crippen LogP) is 5.19. The van der Waals surface area contributed by atoms with Crippen LogP contribution in [0, 0.1) is 0 Å². The van der Waals surface area contributed by atoms with Gasteiger partial charge in [-0.3, -0.25) is 0 Å². The average molecular weight is 354 g/mol. The number of thioether (sulfide) groups is 1. The summed E-state index contributed by atoms with van der Waals surface area (Å²) in [5, 5.41) is 0. The van der Waals surface area contributed by atoms with Crippen molar-refractivity contribution >= 4 is 23.8 Å². The molecule has 0 radical (unpaired) electrons. The Hall–Kier alpha value is -2.20. The number of hydrogen-bond donors (Lipinski definition) is 0. The summed E-state index contributed by atoms with van der Waals surface area (Å²) < 4.78 is 10.7. The van der Waals surface area contributed by atoms with E-state index in [2.05, 4.69) is 30.3 Å². The molecule has 1 aliphatic rings. The van der Waals surface area contributed by atoms with Gasteiger partial charge in [0.05, 0.1) is 13.2 Å². The fourth-order valence-corrected chi connectivity index (χ4v) is 3.79. The van der Waals surface area contributed by atoms with Gasteiger partial charge in [-0.1, -0.05) is 18.2 Å². The summed E-state index contributed by atoms with van der Waals surface area (Å²) >= 11 is 1.78. The van der Waals surface area contributed by atoms with Gasteiger partial charge in [0.2, 0.25) is 0 Å². The van der Waals surface area contributed by atoms with Crippen molar-refractivity contribution in [2.45, 2.75) is 25.2 Å². The molecule has 0 saturated carbocycles. The molecule has 0 spiro atoms. The molecule has 3 nitrogen and oxygen atoms in total. The van der Waals surface area contributed by atoms with E-state index in [-0.39, 0.29) is 5.97 Å². The zero-order valence-electron chi connectivity index (χ0n) is 14.6. The maximum atomic E-state index is 12.1. The first-order chi connectivity index (χ1) is 12.2. The third-order valence-corrected chi connectivity index (χ3v) is 5.10. The normalized spacial score (nSPS) is 13.4. The van der Waals surface area contributed by atoms with Crippen LogP contribution < -0.4 is 4.74 Å². The van der Waals surface area contributed by atoms with Crippen LogP contribution in [0.4, 0.5) is 0 Å². The fraction of sp³-hybridized carbons (Fsp3) is 0.286. The van der Waals surface area contributed by atoms with Gasteiger partial charge in [0.25, 0.3) is 0 Å². The summed E-state index contributed by atoms with van der Waals surface area (Å²) in [4.78, 5) is 13.3. The second-order valence-corrected chi connectivity index (χ2v) is 6.84. The predicted molar refractivity (Wildman–Crippen MR) is 103 cm³/mol. The number of carbonyl (C=O) groups is 1. The van der Waals surface area contributed by atoms with E-state index in [0.29, 0.717) is 13.2 Å². The lowest BCUT2D eigenvalue weighted by Gasteiger charge is -2.09. The minimum atomic E-state index is -0.206. The van der Waals surface area contributed by atoms with Crippen LogP contribution in [0.25, 0.3) is 17.2 Å². The van der Waals surface area contributed by atoms with Crippen LogP contribution in [0.2, 0.25) is 0 Å². The van der Waals surface area contributed by atoms with Crippen molar-refractivity contribution in [2.75, 3.05) is 19.0 Å². The number of ether oxygens (including phenoxy) is 2. The minimum Gasteiger partial charge on any atom is -0.494 e. The highest BCUT2D eigenvalue weighted by Gasteiger charge is 2.16. The van der Waals surface area contributed by atoms with E-state index in [9.17, 15) is 4.79 Å². The molecule has 3 rings (SSSR count). The summed E-state index contributed by atoms with van der Waals surface area (Å²) in [7, 11) is 0. The van der Waals surface area contributed by atoms with Crippen molar-refractivity contribution in [2.24, 2.45) is 0 Å². The molecule has 2 aromatic carbocycles. The van der Waals surface area contributed by atoms with Gasteiger partial charge < -0.3 is 9.47 Å². The zero-order chi connectivity index (χ0) is 17.6. The van der Waals surface area contributed by atoms with Crippen LogP contribution in [0.3, 0.4) is 0 Å². The van der Waals surface area contributed by atoms with Crippen molar-refractivity contribution in [3.05, 3.63) is 53.6 Å². The Morgan fingerprint density at radius 3 is 2.52 bits per heavy atom. The van der Waals surface area contributed by atoms with Gasteiger partial charge in [-0.2, -0.15) is 0 Å². The van der Waals surface area contributed by atoms with Gasteiger partial charge in [0, 0.05) is 16.2 Å². The Labute approximate surface area is 153 Å². The van der Waals surface area contributed by atoms with Crippen LogP contribution in [0.1, 0.15) is 25.8 Å². The lowest BCUT2D eigenvalue weighted by atomic mass is 10.0.